The van der Waals surface area contributed by atoms with Crippen LogP contribution in [0.3, 0.4) is 0 Å². The van der Waals surface area contributed by atoms with E-state index < -0.39 is 0 Å². The average Bonchev–Trinajstić information content (AvgIpc) is 2.59. The first-order valence-electron chi connectivity index (χ1n) is 8.47. The van der Waals surface area contributed by atoms with E-state index in [0.717, 1.165) is 31.7 Å². The summed E-state index contributed by atoms with van der Waals surface area (Å²) in [6, 6.07) is 7.75. The molecule has 118 valence electrons. The van der Waals surface area contributed by atoms with Crippen molar-refractivity contribution in [1.82, 2.24) is 10.2 Å². The van der Waals surface area contributed by atoms with Gasteiger partial charge in [0.15, 0.2) is 0 Å². The number of phenolic OH excluding ortho intramolecular Hbond substituents is 1. The fourth-order valence-corrected chi connectivity index (χ4v) is 4.02. The smallest absolute Gasteiger partial charge is 0.120 e. The third-order valence-electron chi connectivity index (χ3n) is 5.12. The lowest BCUT2D eigenvalue weighted by atomic mass is 9.79. The number of benzene rings is 1. The fourth-order valence-electron chi connectivity index (χ4n) is 4.02. The predicted octanol–water partition coefficient (Wildman–Crippen LogP) is 2.79. The molecule has 1 aliphatic carbocycles. The quantitative estimate of drug-likeness (QED) is 0.901. The zero-order valence-corrected chi connectivity index (χ0v) is 13.1. The molecule has 1 saturated heterocycles. The van der Waals surface area contributed by atoms with Crippen molar-refractivity contribution in [2.24, 2.45) is 5.92 Å². The minimum atomic E-state index is 0.246. The molecule has 2 fully saturated rings. The number of piperazine rings is 1. The maximum Gasteiger partial charge on any atom is 0.120 e. The van der Waals surface area contributed by atoms with Crippen LogP contribution < -0.4 is 5.32 Å². The van der Waals surface area contributed by atoms with Crippen molar-refractivity contribution in [2.45, 2.75) is 38.1 Å². The fraction of sp³-hybridized carbons (Fsp3) is 0.611. The minimum absolute atomic E-state index is 0.246. The topological polar surface area (TPSA) is 59.3 Å². The molecule has 3 rings (SSSR count). The lowest BCUT2D eigenvalue weighted by Gasteiger charge is -2.41. The summed E-state index contributed by atoms with van der Waals surface area (Å²) in [5.74, 6) is 0.930. The Balaban J connectivity index is 1.94. The summed E-state index contributed by atoms with van der Waals surface area (Å²) >= 11 is 0. The summed E-state index contributed by atoms with van der Waals surface area (Å²) in [4.78, 5) is 2.50. The first-order valence-corrected chi connectivity index (χ1v) is 8.47. The normalized spacial score (nSPS) is 22.1. The van der Waals surface area contributed by atoms with Gasteiger partial charge in [-0.3, -0.25) is 4.90 Å². The number of nitrogens with zero attached hydrogens (tertiary/aromatic N) is 2. The number of nitrogens with one attached hydrogen (secondary N) is 1. The minimum Gasteiger partial charge on any atom is -0.508 e. The highest BCUT2D eigenvalue weighted by Gasteiger charge is 2.32. The van der Waals surface area contributed by atoms with Crippen molar-refractivity contribution < 1.29 is 5.11 Å². The average molecular weight is 299 g/mol. The van der Waals surface area contributed by atoms with Crippen molar-refractivity contribution in [1.29, 1.82) is 5.26 Å². The molecule has 0 radical (unpaired) electrons. The first kappa shape index (κ1) is 15.3. The van der Waals surface area contributed by atoms with Gasteiger partial charge in [0.05, 0.1) is 11.6 Å². The Morgan fingerprint density at radius 1 is 1.18 bits per heavy atom. The largest absolute Gasteiger partial charge is 0.508 e. The van der Waals surface area contributed by atoms with Crippen LogP contribution in [0, 0.1) is 17.2 Å². The van der Waals surface area contributed by atoms with Crippen LogP contribution in [0.2, 0.25) is 0 Å². The molecule has 2 N–H and O–H groups in total. The molecular formula is C18H25N3O. The predicted molar refractivity (Wildman–Crippen MR) is 86.6 cm³/mol. The third kappa shape index (κ3) is 3.26. The SMILES string of the molecule is N#Cc1ccc(O)c([C@H](C2CCCCC2)N2CCNCC2)c1. The summed E-state index contributed by atoms with van der Waals surface area (Å²) in [6.45, 7) is 4.03. The molecule has 0 unspecified atom stereocenters. The molecule has 1 aliphatic heterocycles. The Hall–Kier alpha value is -1.57. The molecule has 0 spiro atoms. The van der Waals surface area contributed by atoms with Gasteiger partial charge in [0, 0.05) is 37.8 Å². The second-order valence-electron chi connectivity index (χ2n) is 6.51. The van der Waals surface area contributed by atoms with E-state index in [1.807, 2.05) is 6.07 Å². The molecule has 0 amide bonds. The molecule has 0 aromatic heterocycles. The summed E-state index contributed by atoms with van der Waals surface area (Å²) in [6.07, 6.45) is 6.35. The number of aromatic hydroxyl groups is 1. The van der Waals surface area contributed by atoms with Gasteiger partial charge in [-0.25, -0.2) is 0 Å². The molecular weight excluding hydrogens is 274 g/mol. The van der Waals surface area contributed by atoms with Gasteiger partial charge < -0.3 is 10.4 Å². The lowest BCUT2D eigenvalue weighted by Crippen LogP contribution is -2.47. The zero-order chi connectivity index (χ0) is 15.4. The van der Waals surface area contributed by atoms with E-state index in [-0.39, 0.29) is 6.04 Å². The van der Waals surface area contributed by atoms with Crippen molar-refractivity contribution in [2.75, 3.05) is 26.2 Å². The third-order valence-corrected chi connectivity index (χ3v) is 5.12. The van der Waals surface area contributed by atoms with Gasteiger partial charge in [0.1, 0.15) is 5.75 Å². The van der Waals surface area contributed by atoms with Crippen LogP contribution in [-0.4, -0.2) is 36.2 Å². The zero-order valence-electron chi connectivity index (χ0n) is 13.1. The van der Waals surface area contributed by atoms with Crippen LogP contribution in [0.15, 0.2) is 18.2 Å². The Bertz CT molecular complexity index is 522. The number of nitriles is 1. The van der Waals surface area contributed by atoms with Gasteiger partial charge >= 0.3 is 0 Å². The molecule has 2 aliphatic rings. The lowest BCUT2D eigenvalue weighted by molar-refractivity contribution is 0.101. The van der Waals surface area contributed by atoms with Crippen molar-refractivity contribution in [3.05, 3.63) is 29.3 Å². The Morgan fingerprint density at radius 3 is 2.59 bits per heavy atom. The van der Waals surface area contributed by atoms with Gasteiger partial charge in [0.25, 0.3) is 0 Å². The highest BCUT2D eigenvalue weighted by Crippen LogP contribution is 2.41. The monoisotopic (exact) mass is 299 g/mol. The van der Waals surface area contributed by atoms with E-state index in [2.05, 4.69) is 16.3 Å². The Morgan fingerprint density at radius 2 is 1.91 bits per heavy atom. The number of hydrogen-bond donors (Lipinski definition) is 2. The summed E-state index contributed by atoms with van der Waals surface area (Å²) in [5.41, 5.74) is 1.59. The summed E-state index contributed by atoms with van der Waals surface area (Å²) < 4.78 is 0. The maximum atomic E-state index is 10.4. The van der Waals surface area contributed by atoms with Crippen LogP contribution in [0.4, 0.5) is 0 Å². The molecule has 4 nitrogen and oxygen atoms in total. The standard InChI is InChI=1S/C18H25N3O/c19-13-14-6-7-17(22)16(12-14)18(15-4-2-1-3-5-15)21-10-8-20-9-11-21/h6-7,12,15,18,20,22H,1-5,8-11H2/t18-/m0/s1. The van der Waals surface area contributed by atoms with E-state index in [9.17, 15) is 10.4 Å². The van der Waals surface area contributed by atoms with Gasteiger partial charge in [0.2, 0.25) is 0 Å². The van der Waals surface area contributed by atoms with E-state index in [0.29, 0.717) is 17.2 Å². The highest BCUT2D eigenvalue weighted by molar-refractivity contribution is 5.43. The van der Waals surface area contributed by atoms with Gasteiger partial charge in [-0.15, -0.1) is 0 Å². The van der Waals surface area contributed by atoms with Crippen molar-refractivity contribution in [3.8, 4) is 11.8 Å². The molecule has 1 heterocycles. The number of hydrogen-bond acceptors (Lipinski definition) is 4. The van der Waals surface area contributed by atoms with Crippen LogP contribution in [0.5, 0.6) is 5.75 Å². The highest BCUT2D eigenvalue weighted by atomic mass is 16.3. The van der Waals surface area contributed by atoms with Crippen LogP contribution in [-0.2, 0) is 0 Å². The Kier molecular flexibility index (Phi) is 4.97. The second-order valence-corrected chi connectivity index (χ2v) is 6.51. The molecule has 1 saturated carbocycles. The van der Waals surface area contributed by atoms with Crippen molar-refractivity contribution in [3.63, 3.8) is 0 Å². The van der Waals surface area contributed by atoms with Gasteiger partial charge in [-0.1, -0.05) is 19.3 Å². The van der Waals surface area contributed by atoms with E-state index >= 15 is 0 Å². The first-order chi connectivity index (χ1) is 10.8. The van der Waals surface area contributed by atoms with Crippen molar-refractivity contribution >= 4 is 0 Å². The van der Waals surface area contributed by atoms with Crippen LogP contribution in [0.1, 0.15) is 49.3 Å². The molecule has 1 atom stereocenters. The number of rotatable bonds is 3. The van der Waals surface area contributed by atoms with Gasteiger partial charge in [-0.2, -0.15) is 5.26 Å². The van der Waals surface area contributed by atoms with E-state index in [1.54, 1.807) is 12.1 Å². The van der Waals surface area contributed by atoms with E-state index in [4.69, 9.17) is 0 Å². The maximum absolute atomic E-state index is 10.4. The molecule has 22 heavy (non-hydrogen) atoms. The molecule has 1 aromatic rings. The van der Waals surface area contributed by atoms with Crippen LogP contribution in [0.25, 0.3) is 0 Å². The second kappa shape index (κ2) is 7.13. The molecule has 4 heteroatoms. The molecule has 1 aromatic carbocycles. The van der Waals surface area contributed by atoms with E-state index in [1.165, 1.54) is 32.1 Å². The van der Waals surface area contributed by atoms with Gasteiger partial charge in [-0.05, 0) is 37.0 Å². The summed E-state index contributed by atoms with van der Waals surface area (Å²) in [5, 5.41) is 23.0. The Labute approximate surface area is 132 Å². The number of phenols is 1. The summed E-state index contributed by atoms with van der Waals surface area (Å²) in [7, 11) is 0. The van der Waals surface area contributed by atoms with Crippen LogP contribution >= 0.6 is 0 Å². The molecule has 0 bridgehead atoms.